The SMILES string of the molecule is CC1(C)C(=O)N(C2C3CC4CC(C3)CC2C4)N1Cc1ccc(F)cc1. The second-order valence-electron chi connectivity index (χ2n) is 9.31. The lowest BCUT2D eigenvalue weighted by molar-refractivity contribution is -0.251. The van der Waals surface area contributed by atoms with Gasteiger partial charge in [0.1, 0.15) is 11.4 Å². The van der Waals surface area contributed by atoms with Crippen LogP contribution in [0.25, 0.3) is 0 Å². The quantitative estimate of drug-likeness (QED) is 0.829. The largest absolute Gasteiger partial charge is 0.271 e. The first-order valence-corrected chi connectivity index (χ1v) is 9.79. The van der Waals surface area contributed by atoms with Gasteiger partial charge in [0.15, 0.2) is 0 Å². The highest BCUT2D eigenvalue weighted by Gasteiger charge is 2.60. The molecular formula is C21H27FN2O. The summed E-state index contributed by atoms with van der Waals surface area (Å²) in [5.41, 5.74) is 0.610. The molecule has 0 N–H and O–H groups in total. The second-order valence-corrected chi connectivity index (χ2v) is 9.31. The van der Waals surface area contributed by atoms with Crippen molar-refractivity contribution in [2.75, 3.05) is 0 Å². The summed E-state index contributed by atoms with van der Waals surface area (Å²) in [7, 11) is 0. The number of nitrogens with zero attached hydrogens (tertiary/aromatic N) is 2. The molecule has 0 unspecified atom stereocenters. The standard InChI is InChI=1S/C21H27FN2O/c1-21(2)20(25)24(23(21)12-13-3-5-18(22)6-4-13)19-16-8-14-7-15(10-16)11-17(19)9-14/h3-6,14-17,19H,7-12H2,1-2H3. The van der Waals surface area contributed by atoms with Crippen molar-refractivity contribution < 1.29 is 9.18 Å². The van der Waals surface area contributed by atoms with Crippen LogP contribution in [0.3, 0.4) is 0 Å². The summed E-state index contributed by atoms with van der Waals surface area (Å²) in [6.07, 6.45) is 6.68. The van der Waals surface area contributed by atoms with Crippen molar-refractivity contribution in [2.45, 2.75) is 64.1 Å². The van der Waals surface area contributed by atoms with Crippen molar-refractivity contribution in [1.29, 1.82) is 0 Å². The molecular weight excluding hydrogens is 315 g/mol. The van der Waals surface area contributed by atoms with Crippen molar-refractivity contribution in [3.63, 3.8) is 0 Å². The van der Waals surface area contributed by atoms with E-state index in [0.29, 0.717) is 24.4 Å². The van der Waals surface area contributed by atoms with E-state index in [2.05, 4.69) is 10.0 Å². The minimum absolute atomic E-state index is 0.208. The van der Waals surface area contributed by atoms with Crippen LogP contribution in [0.4, 0.5) is 4.39 Å². The molecule has 4 saturated carbocycles. The fourth-order valence-corrected chi connectivity index (χ4v) is 6.35. The maximum atomic E-state index is 13.2. The van der Waals surface area contributed by atoms with E-state index in [-0.39, 0.29) is 11.7 Å². The highest BCUT2D eigenvalue weighted by atomic mass is 19.1. The van der Waals surface area contributed by atoms with Gasteiger partial charge in [0.05, 0.1) is 6.04 Å². The summed E-state index contributed by atoms with van der Waals surface area (Å²) >= 11 is 0. The Morgan fingerprint density at radius 3 is 2.12 bits per heavy atom. The summed E-state index contributed by atoms with van der Waals surface area (Å²) in [6, 6.07) is 7.09. The fourth-order valence-electron chi connectivity index (χ4n) is 6.35. The molecule has 0 spiro atoms. The normalized spacial score (nSPS) is 38.9. The highest BCUT2D eigenvalue weighted by molar-refractivity contribution is 5.90. The molecule has 0 atom stereocenters. The Labute approximate surface area is 149 Å². The van der Waals surface area contributed by atoms with Gasteiger partial charge in [-0.1, -0.05) is 12.1 Å². The Hall–Kier alpha value is -1.42. The number of carbonyl (C=O) groups is 1. The second kappa shape index (κ2) is 5.29. The third-order valence-electron chi connectivity index (χ3n) is 7.34. The van der Waals surface area contributed by atoms with Crippen molar-refractivity contribution in [2.24, 2.45) is 23.7 Å². The van der Waals surface area contributed by atoms with Gasteiger partial charge in [0.2, 0.25) is 0 Å². The van der Waals surface area contributed by atoms with Crippen LogP contribution >= 0.6 is 0 Å². The van der Waals surface area contributed by atoms with Gasteiger partial charge in [-0.15, -0.1) is 0 Å². The molecule has 1 aromatic carbocycles. The minimum Gasteiger partial charge on any atom is -0.271 e. The summed E-state index contributed by atoms with van der Waals surface area (Å²) < 4.78 is 13.2. The zero-order valence-electron chi connectivity index (χ0n) is 15.1. The van der Waals surface area contributed by atoms with Crippen molar-refractivity contribution in [1.82, 2.24) is 10.0 Å². The molecule has 3 nitrogen and oxygen atoms in total. The zero-order valence-corrected chi connectivity index (χ0v) is 15.1. The first-order valence-electron chi connectivity index (χ1n) is 9.79. The van der Waals surface area contributed by atoms with E-state index in [4.69, 9.17) is 0 Å². The van der Waals surface area contributed by atoms with Crippen LogP contribution in [0.1, 0.15) is 51.5 Å². The molecule has 1 heterocycles. The molecule has 0 aromatic heterocycles. The number of benzene rings is 1. The van der Waals surface area contributed by atoms with Gasteiger partial charge < -0.3 is 0 Å². The molecule has 25 heavy (non-hydrogen) atoms. The Morgan fingerprint density at radius 1 is 1.00 bits per heavy atom. The van der Waals surface area contributed by atoms with Gasteiger partial charge in [-0.05, 0) is 87.3 Å². The summed E-state index contributed by atoms with van der Waals surface area (Å²) in [4.78, 5) is 13.0. The number of hydrazine groups is 1. The van der Waals surface area contributed by atoms with Crippen molar-refractivity contribution >= 4 is 5.91 Å². The average molecular weight is 342 g/mol. The fraction of sp³-hybridized carbons (Fsp3) is 0.667. The lowest BCUT2D eigenvalue weighted by Crippen LogP contribution is -2.79. The Bertz CT molecular complexity index is 670. The molecule has 1 saturated heterocycles. The third kappa shape index (κ3) is 2.29. The van der Waals surface area contributed by atoms with E-state index >= 15 is 0 Å². The van der Waals surface area contributed by atoms with E-state index in [9.17, 15) is 9.18 Å². The van der Waals surface area contributed by atoms with Crippen LogP contribution in [0.15, 0.2) is 24.3 Å². The number of hydrogen-bond acceptors (Lipinski definition) is 2. The summed E-state index contributed by atoms with van der Waals surface area (Å²) in [5.74, 6) is 3.26. The average Bonchev–Trinajstić information content (AvgIpc) is 2.57. The molecule has 4 aliphatic carbocycles. The monoisotopic (exact) mass is 342 g/mol. The minimum atomic E-state index is -0.455. The first kappa shape index (κ1) is 15.8. The molecule has 1 aromatic rings. The van der Waals surface area contributed by atoms with Gasteiger partial charge in [-0.2, -0.15) is 5.01 Å². The van der Waals surface area contributed by atoms with E-state index in [1.807, 2.05) is 26.0 Å². The van der Waals surface area contributed by atoms with Gasteiger partial charge in [0.25, 0.3) is 5.91 Å². The summed E-state index contributed by atoms with van der Waals surface area (Å²) in [5, 5.41) is 4.35. The predicted molar refractivity (Wildman–Crippen MR) is 93.7 cm³/mol. The van der Waals surface area contributed by atoms with Gasteiger partial charge >= 0.3 is 0 Å². The van der Waals surface area contributed by atoms with Crippen molar-refractivity contribution in [3.8, 4) is 0 Å². The van der Waals surface area contributed by atoms with Gasteiger partial charge in [-0.25, -0.2) is 4.39 Å². The molecule has 134 valence electrons. The number of halogens is 1. The molecule has 5 aliphatic rings. The summed E-state index contributed by atoms with van der Waals surface area (Å²) in [6.45, 7) is 4.72. The topological polar surface area (TPSA) is 23.6 Å². The van der Waals surface area contributed by atoms with Crippen LogP contribution in [0.2, 0.25) is 0 Å². The number of hydrogen-bond donors (Lipinski definition) is 0. The van der Waals surface area contributed by atoms with E-state index in [0.717, 1.165) is 17.4 Å². The number of rotatable bonds is 3. The maximum absolute atomic E-state index is 13.2. The molecule has 5 fully saturated rings. The van der Waals surface area contributed by atoms with Gasteiger partial charge in [0, 0.05) is 6.54 Å². The smallest absolute Gasteiger partial charge is 0.258 e. The van der Waals surface area contributed by atoms with Crippen LogP contribution in [0, 0.1) is 29.5 Å². The lowest BCUT2D eigenvalue weighted by atomic mass is 9.53. The third-order valence-corrected chi connectivity index (χ3v) is 7.34. The lowest BCUT2D eigenvalue weighted by Gasteiger charge is -2.65. The molecule has 4 heteroatoms. The number of carbonyl (C=O) groups excluding carboxylic acids is 1. The van der Waals surface area contributed by atoms with Crippen LogP contribution in [0.5, 0.6) is 0 Å². The van der Waals surface area contributed by atoms with Gasteiger partial charge in [-0.3, -0.25) is 9.80 Å². The van der Waals surface area contributed by atoms with Crippen LogP contribution in [-0.2, 0) is 11.3 Å². The van der Waals surface area contributed by atoms with E-state index in [1.165, 1.54) is 44.2 Å². The molecule has 1 amide bonds. The van der Waals surface area contributed by atoms with Crippen LogP contribution in [-0.4, -0.2) is 27.5 Å². The van der Waals surface area contributed by atoms with Crippen molar-refractivity contribution in [3.05, 3.63) is 35.6 Å². The number of amides is 1. The van der Waals surface area contributed by atoms with E-state index in [1.54, 1.807) is 0 Å². The molecule has 1 aliphatic heterocycles. The molecule has 6 rings (SSSR count). The maximum Gasteiger partial charge on any atom is 0.258 e. The molecule has 0 radical (unpaired) electrons. The highest BCUT2D eigenvalue weighted by Crippen LogP contribution is 2.57. The first-order chi connectivity index (χ1) is 11.9. The molecule has 4 bridgehead atoms. The Balaban J connectivity index is 1.41. The Morgan fingerprint density at radius 2 is 1.56 bits per heavy atom. The predicted octanol–water partition coefficient (Wildman–Crippen LogP) is 3.99. The van der Waals surface area contributed by atoms with E-state index < -0.39 is 5.54 Å². The Kier molecular flexibility index (Phi) is 3.35. The van der Waals surface area contributed by atoms with Crippen LogP contribution < -0.4 is 0 Å². The zero-order chi connectivity index (χ0) is 17.3.